The monoisotopic (exact) mass is 465 g/mol. The molecule has 0 aromatic heterocycles. The third-order valence-corrected chi connectivity index (χ3v) is 5.80. The van der Waals surface area contributed by atoms with E-state index in [1.54, 1.807) is 0 Å². The molecule has 2 fully saturated rings. The van der Waals surface area contributed by atoms with Crippen LogP contribution in [0.4, 0.5) is 0 Å². The zero-order chi connectivity index (χ0) is 17.5. The average Bonchev–Trinajstić information content (AvgIpc) is 2.56. The van der Waals surface area contributed by atoms with Crippen molar-refractivity contribution in [1.29, 1.82) is 0 Å². The molecule has 0 bridgehead atoms. The van der Waals surface area contributed by atoms with Crippen molar-refractivity contribution in [3.63, 3.8) is 0 Å². The van der Waals surface area contributed by atoms with E-state index >= 15 is 0 Å². The minimum absolute atomic E-state index is 0. The third kappa shape index (κ3) is 7.59. The molecule has 1 unspecified atom stereocenters. The third-order valence-electron chi connectivity index (χ3n) is 5.80. The number of piperazine rings is 1. The van der Waals surface area contributed by atoms with E-state index in [2.05, 4.69) is 55.0 Å². The summed E-state index contributed by atoms with van der Waals surface area (Å²) in [5, 5.41) is 3.49. The van der Waals surface area contributed by atoms with Gasteiger partial charge in [-0.15, -0.1) is 24.0 Å². The summed E-state index contributed by atoms with van der Waals surface area (Å²) in [5.41, 5.74) is 0. The molecule has 1 saturated carbocycles. The Kier molecular flexibility index (Phi) is 10.6. The molecule has 25 heavy (non-hydrogen) atoms. The standard InChI is InChI=1S/C19H39N5.HI/c1-6-20-19(21-13-18-15-22(3)11-12-23(18)4)24(5)14-17-9-7-16(2)8-10-17;/h16-18H,6-15H2,1-5H3,(H,20,21);1H. The van der Waals surface area contributed by atoms with E-state index in [-0.39, 0.29) is 24.0 Å². The molecule has 0 aromatic carbocycles. The van der Waals surface area contributed by atoms with Crippen molar-refractivity contribution in [2.45, 2.75) is 45.6 Å². The molecule has 5 nitrogen and oxygen atoms in total. The minimum Gasteiger partial charge on any atom is -0.357 e. The molecule has 0 amide bonds. The van der Waals surface area contributed by atoms with E-state index in [9.17, 15) is 0 Å². The van der Waals surface area contributed by atoms with Crippen LogP contribution in [0.15, 0.2) is 4.99 Å². The number of rotatable bonds is 5. The van der Waals surface area contributed by atoms with Gasteiger partial charge < -0.3 is 15.1 Å². The Labute approximate surface area is 172 Å². The summed E-state index contributed by atoms with van der Waals surface area (Å²) in [7, 11) is 6.65. The number of halogens is 1. The Bertz CT molecular complexity index is 395. The largest absolute Gasteiger partial charge is 0.357 e. The summed E-state index contributed by atoms with van der Waals surface area (Å²) in [6.07, 6.45) is 5.54. The van der Waals surface area contributed by atoms with Crippen molar-refractivity contribution in [3.05, 3.63) is 0 Å². The smallest absolute Gasteiger partial charge is 0.193 e. The first-order valence-electron chi connectivity index (χ1n) is 9.87. The fourth-order valence-corrected chi connectivity index (χ4v) is 3.95. The van der Waals surface area contributed by atoms with Crippen LogP contribution in [0.3, 0.4) is 0 Å². The minimum atomic E-state index is 0. The Morgan fingerprint density at radius 3 is 2.48 bits per heavy atom. The van der Waals surface area contributed by atoms with Gasteiger partial charge in [0.1, 0.15) is 0 Å². The van der Waals surface area contributed by atoms with Crippen LogP contribution in [0.2, 0.25) is 0 Å². The Hall–Kier alpha value is -0.0800. The summed E-state index contributed by atoms with van der Waals surface area (Å²) >= 11 is 0. The second-order valence-electron chi connectivity index (χ2n) is 8.10. The van der Waals surface area contributed by atoms with Gasteiger partial charge in [0.25, 0.3) is 0 Å². The van der Waals surface area contributed by atoms with Crippen LogP contribution in [0.1, 0.15) is 39.5 Å². The number of hydrogen-bond acceptors (Lipinski definition) is 3. The zero-order valence-corrected chi connectivity index (χ0v) is 19.3. The molecular weight excluding hydrogens is 425 g/mol. The highest BCUT2D eigenvalue weighted by Gasteiger charge is 2.23. The van der Waals surface area contributed by atoms with E-state index in [4.69, 9.17) is 4.99 Å². The predicted molar refractivity (Wildman–Crippen MR) is 119 cm³/mol. The average molecular weight is 465 g/mol. The molecule has 0 aromatic rings. The van der Waals surface area contributed by atoms with E-state index < -0.39 is 0 Å². The van der Waals surface area contributed by atoms with Crippen molar-refractivity contribution in [2.75, 3.05) is 60.4 Å². The van der Waals surface area contributed by atoms with Crippen LogP contribution >= 0.6 is 24.0 Å². The van der Waals surface area contributed by atoms with E-state index in [1.807, 2.05) is 0 Å². The molecule has 1 N–H and O–H groups in total. The van der Waals surface area contributed by atoms with Crippen molar-refractivity contribution in [1.82, 2.24) is 20.0 Å². The van der Waals surface area contributed by atoms with Crippen LogP contribution < -0.4 is 5.32 Å². The molecule has 6 heteroatoms. The van der Waals surface area contributed by atoms with Gasteiger partial charge in [0.2, 0.25) is 0 Å². The Morgan fingerprint density at radius 2 is 1.84 bits per heavy atom. The molecule has 1 aliphatic heterocycles. The van der Waals surface area contributed by atoms with Gasteiger partial charge in [0.05, 0.1) is 6.54 Å². The summed E-state index contributed by atoms with van der Waals surface area (Å²) < 4.78 is 0. The first-order valence-corrected chi connectivity index (χ1v) is 9.87. The lowest BCUT2D eigenvalue weighted by Gasteiger charge is -2.37. The highest BCUT2D eigenvalue weighted by molar-refractivity contribution is 14.0. The van der Waals surface area contributed by atoms with Gasteiger partial charge in [-0.3, -0.25) is 9.89 Å². The second-order valence-corrected chi connectivity index (χ2v) is 8.10. The maximum atomic E-state index is 4.97. The van der Waals surface area contributed by atoms with Gasteiger partial charge in [0.15, 0.2) is 5.96 Å². The van der Waals surface area contributed by atoms with Gasteiger partial charge in [-0.1, -0.05) is 19.8 Å². The van der Waals surface area contributed by atoms with Crippen LogP contribution in [-0.4, -0.2) is 87.1 Å². The van der Waals surface area contributed by atoms with Crippen LogP contribution in [-0.2, 0) is 0 Å². The summed E-state index contributed by atoms with van der Waals surface area (Å²) in [4.78, 5) is 12.2. The summed E-state index contributed by atoms with van der Waals surface area (Å²) in [6.45, 7) is 10.9. The number of aliphatic imine (C=N–C) groups is 1. The molecular formula is C19H40IN5. The fraction of sp³-hybridized carbons (Fsp3) is 0.947. The van der Waals surface area contributed by atoms with Crippen LogP contribution in [0.5, 0.6) is 0 Å². The zero-order valence-electron chi connectivity index (χ0n) is 17.0. The van der Waals surface area contributed by atoms with E-state index in [0.717, 1.165) is 57.1 Å². The molecule has 0 radical (unpaired) electrons. The maximum absolute atomic E-state index is 4.97. The number of likely N-dealkylation sites (N-methyl/N-ethyl adjacent to an activating group) is 2. The van der Waals surface area contributed by atoms with Crippen LogP contribution in [0.25, 0.3) is 0 Å². The number of nitrogens with zero attached hydrogens (tertiary/aromatic N) is 4. The van der Waals surface area contributed by atoms with Crippen LogP contribution in [0, 0.1) is 11.8 Å². The lowest BCUT2D eigenvalue weighted by molar-refractivity contribution is 0.119. The molecule has 0 spiro atoms. The molecule has 148 valence electrons. The van der Waals surface area contributed by atoms with Gasteiger partial charge in [0, 0.05) is 45.8 Å². The Balaban J connectivity index is 0.00000312. The quantitative estimate of drug-likeness (QED) is 0.385. The molecule has 1 saturated heterocycles. The number of hydrogen-bond donors (Lipinski definition) is 1. The van der Waals surface area contributed by atoms with E-state index in [0.29, 0.717) is 6.04 Å². The topological polar surface area (TPSA) is 34.1 Å². The highest BCUT2D eigenvalue weighted by atomic mass is 127. The second kappa shape index (κ2) is 11.6. The highest BCUT2D eigenvalue weighted by Crippen LogP contribution is 2.28. The lowest BCUT2D eigenvalue weighted by atomic mass is 9.83. The normalized spacial score (nSPS) is 29.2. The fourth-order valence-electron chi connectivity index (χ4n) is 3.95. The number of nitrogens with one attached hydrogen (secondary N) is 1. The predicted octanol–water partition coefficient (Wildman–Crippen LogP) is 2.57. The van der Waals surface area contributed by atoms with Crippen molar-refractivity contribution in [3.8, 4) is 0 Å². The molecule has 1 heterocycles. The lowest BCUT2D eigenvalue weighted by Crippen LogP contribution is -2.51. The van der Waals surface area contributed by atoms with Gasteiger partial charge >= 0.3 is 0 Å². The van der Waals surface area contributed by atoms with Crippen molar-refractivity contribution >= 4 is 29.9 Å². The van der Waals surface area contributed by atoms with Gasteiger partial charge in [-0.25, -0.2) is 0 Å². The molecule has 1 atom stereocenters. The summed E-state index contributed by atoms with van der Waals surface area (Å²) in [5.74, 6) is 2.84. The molecule has 2 aliphatic rings. The first kappa shape index (κ1) is 23.0. The van der Waals surface area contributed by atoms with Crippen molar-refractivity contribution in [2.24, 2.45) is 16.8 Å². The molecule has 1 aliphatic carbocycles. The number of guanidine groups is 1. The van der Waals surface area contributed by atoms with Gasteiger partial charge in [-0.2, -0.15) is 0 Å². The van der Waals surface area contributed by atoms with E-state index in [1.165, 1.54) is 25.7 Å². The maximum Gasteiger partial charge on any atom is 0.193 e. The summed E-state index contributed by atoms with van der Waals surface area (Å²) in [6, 6.07) is 0.529. The SMILES string of the molecule is CCNC(=NCC1CN(C)CCN1C)N(C)CC1CCC(C)CC1.I. The van der Waals surface area contributed by atoms with Gasteiger partial charge in [-0.05, 0) is 45.7 Å². The van der Waals surface area contributed by atoms with Crippen molar-refractivity contribution < 1.29 is 0 Å². The molecule has 2 rings (SSSR count). The first-order chi connectivity index (χ1) is 11.5. The Morgan fingerprint density at radius 1 is 1.16 bits per heavy atom.